The van der Waals surface area contributed by atoms with Gasteiger partial charge in [-0.25, -0.2) is 17.6 Å². The van der Waals surface area contributed by atoms with Crippen LogP contribution in [-0.2, 0) is 21.2 Å². The van der Waals surface area contributed by atoms with E-state index in [1.807, 2.05) is 0 Å². The fourth-order valence-electron chi connectivity index (χ4n) is 3.79. The first kappa shape index (κ1) is 24.2. The van der Waals surface area contributed by atoms with Gasteiger partial charge in [-0.3, -0.25) is 0 Å². The van der Waals surface area contributed by atoms with E-state index in [2.05, 4.69) is 9.84 Å². The Morgan fingerprint density at radius 1 is 1.18 bits per heavy atom. The summed E-state index contributed by atoms with van der Waals surface area (Å²) >= 11 is 0. The first-order valence-corrected chi connectivity index (χ1v) is 11.5. The van der Waals surface area contributed by atoms with E-state index >= 15 is 0 Å². The first-order valence-electron chi connectivity index (χ1n) is 10.1. The van der Waals surface area contributed by atoms with Gasteiger partial charge < -0.3 is 9.64 Å². The van der Waals surface area contributed by atoms with E-state index in [4.69, 9.17) is 0 Å². The third kappa shape index (κ3) is 4.40. The molecule has 0 N–H and O–H groups in total. The molecule has 2 atom stereocenters. The molecule has 2 heterocycles. The maximum absolute atomic E-state index is 13.9. The van der Waals surface area contributed by atoms with Crippen LogP contribution in [-0.4, -0.2) is 49.4 Å². The SMILES string of the molecule is CC(F)c1ccc(S(=O)(=O)n2nc(N3CC(F)C(F)(F)C3)c3c2C=CC=C(OC(F)F)C3)cc1. The van der Waals surface area contributed by atoms with E-state index in [0.717, 1.165) is 4.90 Å². The number of fused-ring (bicyclic) bond motifs is 1. The minimum absolute atomic E-state index is 0.00289. The Morgan fingerprint density at radius 3 is 2.41 bits per heavy atom. The molecule has 0 radical (unpaired) electrons. The summed E-state index contributed by atoms with van der Waals surface area (Å²) in [4.78, 5) is 0.612. The Bertz CT molecular complexity index is 1240. The topological polar surface area (TPSA) is 64.4 Å². The predicted molar refractivity (Wildman–Crippen MR) is 111 cm³/mol. The maximum atomic E-state index is 13.9. The summed E-state index contributed by atoms with van der Waals surface area (Å²) in [6.45, 7) is -3.73. The molecule has 2 aromatic rings. The molecule has 0 bridgehead atoms. The zero-order chi connectivity index (χ0) is 24.8. The lowest BCUT2D eigenvalue weighted by Crippen LogP contribution is -2.28. The van der Waals surface area contributed by atoms with Crippen molar-refractivity contribution in [2.45, 2.75) is 43.1 Å². The minimum Gasteiger partial charge on any atom is -0.439 e. The number of hydrogen-bond acceptors (Lipinski definition) is 5. The monoisotopic (exact) mass is 507 g/mol. The highest BCUT2D eigenvalue weighted by molar-refractivity contribution is 7.89. The second kappa shape index (κ2) is 8.67. The van der Waals surface area contributed by atoms with E-state index in [-0.39, 0.29) is 33.3 Å². The Hall–Kier alpha value is -2.96. The lowest BCUT2D eigenvalue weighted by Gasteiger charge is -2.17. The highest BCUT2D eigenvalue weighted by atomic mass is 32.2. The molecule has 184 valence electrons. The molecule has 1 aromatic heterocycles. The van der Waals surface area contributed by atoms with Crippen molar-refractivity contribution in [1.29, 1.82) is 0 Å². The maximum Gasteiger partial charge on any atom is 0.387 e. The van der Waals surface area contributed by atoms with Crippen LogP contribution < -0.4 is 4.90 Å². The predicted octanol–water partition coefficient (Wildman–Crippen LogP) is 4.64. The molecule has 1 aliphatic carbocycles. The molecule has 34 heavy (non-hydrogen) atoms. The second-order valence-electron chi connectivity index (χ2n) is 7.88. The third-order valence-electron chi connectivity index (χ3n) is 5.50. The normalized spacial score (nSPS) is 20.8. The zero-order valence-electron chi connectivity index (χ0n) is 17.6. The van der Waals surface area contributed by atoms with Crippen LogP contribution in [0.5, 0.6) is 0 Å². The molecule has 13 heteroatoms. The smallest absolute Gasteiger partial charge is 0.387 e. The van der Waals surface area contributed by atoms with Gasteiger partial charge in [-0.15, -0.1) is 5.10 Å². The van der Waals surface area contributed by atoms with Crippen molar-refractivity contribution < 1.29 is 39.5 Å². The van der Waals surface area contributed by atoms with Crippen LogP contribution >= 0.6 is 0 Å². The quantitative estimate of drug-likeness (QED) is 0.534. The molecular weight excluding hydrogens is 488 g/mol. The molecular formula is C21H19F6N3O3S. The highest BCUT2D eigenvalue weighted by Gasteiger charge is 2.50. The second-order valence-corrected chi connectivity index (χ2v) is 9.64. The summed E-state index contributed by atoms with van der Waals surface area (Å²) in [5.41, 5.74) is 0.154. The van der Waals surface area contributed by atoms with Crippen LogP contribution in [0.3, 0.4) is 0 Å². The lowest BCUT2D eigenvalue weighted by atomic mass is 10.1. The molecule has 1 saturated heterocycles. The van der Waals surface area contributed by atoms with Crippen LogP contribution in [0, 0.1) is 0 Å². The number of aromatic nitrogens is 2. The molecule has 1 fully saturated rings. The molecule has 6 nitrogen and oxygen atoms in total. The van der Waals surface area contributed by atoms with Crippen molar-refractivity contribution in [3.63, 3.8) is 0 Å². The Labute approximate surface area is 191 Å². The molecule has 1 aliphatic heterocycles. The van der Waals surface area contributed by atoms with Gasteiger partial charge in [0.25, 0.3) is 15.9 Å². The van der Waals surface area contributed by atoms with Gasteiger partial charge in [0.05, 0.1) is 23.7 Å². The van der Waals surface area contributed by atoms with Gasteiger partial charge in [-0.1, -0.05) is 18.2 Å². The number of hydrogen-bond donors (Lipinski definition) is 0. The van der Waals surface area contributed by atoms with Crippen molar-refractivity contribution >= 4 is 21.9 Å². The third-order valence-corrected chi connectivity index (χ3v) is 7.11. The van der Waals surface area contributed by atoms with Gasteiger partial charge in [-0.2, -0.15) is 21.3 Å². The van der Waals surface area contributed by atoms with Crippen LogP contribution in [0.4, 0.5) is 32.2 Å². The van der Waals surface area contributed by atoms with Gasteiger partial charge in [0.15, 0.2) is 12.0 Å². The number of nitrogens with zero attached hydrogens (tertiary/aromatic N) is 3. The molecule has 0 spiro atoms. The largest absolute Gasteiger partial charge is 0.439 e. The van der Waals surface area contributed by atoms with E-state index in [1.165, 1.54) is 49.4 Å². The van der Waals surface area contributed by atoms with Gasteiger partial charge in [0.1, 0.15) is 11.9 Å². The first-order chi connectivity index (χ1) is 15.9. The number of halogens is 6. The van der Waals surface area contributed by atoms with Crippen molar-refractivity contribution in [3.05, 3.63) is 59.0 Å². The van der Waals surface area contributed by atoms with E-state index < -0.39 is 54.4 Å². The highest BCUT2D eigenvalue weighted by Crippen LogP contribution is 2.38. The van der Waals surface area contributed by atoms with Crippen molar-refractivity contribution in [3.8, 4) is 0 Å². The average molecular weight is 507 g/mol. The number of benzene rings is 1. The summed E-state index contributed by atoms with van der Waals surface area (Å²) in [7, 11) is -4.42. The van der Waals surface area contributed by atoms with Gasteiger partial charge in [0, 0.05) is 12.0 Å². The standard InChI is InChI=1S/C21H19F6N3O3S/c1-12(22)13-5-7-15(8-6-13)34(31,32)30-17-4-2-3-14(33-20(24)25)9-16(17)19(28-30)29-10-18(23)21(26,27)11-29/h2-8,12,18,20H,9-11H2,1H3. The molecule has 2 unspecified atom stereocenters. The van der Waals surface area contributed by atoms with Gasteiger partial charge >= 0.3 is 6.61 Å². The fraction of sp³-hybridized carbons (Fsp3) is 0.381. The lowest BCUT2D eigenvalue weighted by molar-refractivity contribution is -0.0974. The van der Waals surface area contributed by atoms with Crippen molar-refractivity contribution in [2.75, 3.05) is 18.0 Å². The summed E-state index contributed by atoms with van der Waals surface area (Å²) < 4.78 is 112. The number of rotatable bonds is 6. The fourth-order valence-corrected chi connectivity index (χ4v) is 5.08. The minimum atomic E-state index is -4.42. The Balaban J connectivity index is 1.82. The van der Waals surface area contributed by atoms with Crippen LogP contribution in [0.25, 0.3) is 6.08 Å². The molecule has 2 aliphatic rings. The summed E-state index contributed by atoms with van der Waals surface area (Å²) in [6.07, 6.45) is -0.559. The Morgan fingerprint density at radius 2 is 1.85 bits per heavy atom. The summed E-state index contributed by atoms with van der Waals surface area (Å²) in [5, 5.41) is 3.99. The average Bonchev–Trinajstić information content (AvgIpc) is 3.16. The van der Waals surface area contributed by atoms with Crippen LogP contribution in [0.15, 0.2) is 47.1 Å². The number of anilines is 1. The molecule has 0 amide bonds. The van der Waals surface area contributed by atoms with E-state index in [9.17, 15) is 34.8 Å². The molecule has 4 rings (SSSR count). The number of alkyl halides is 6. The molecule has 1 aromatic carbocycles. The number of allylic oxidation sites excluding steroid dienone is 3. The van der Waals surface area contributed by atoms with Crippen LogP contribution in [0.1, 0.15) is 29.9 Å². The number of ether oxygens (including phenoxy) is 1. The summed E-state index contributed by atoms with van der Waals surface area (Å²) in [6, 6.07) is 4.89. The van der Waals surface area contributed by atoms with Gasteiger partial charge in [0.2, 0.25) is 0 Å². The summed E-state index contributed by atoms with van der Waals surface area (Å²) in [5.74, 6) is -4.25. The van der Waals surface area contributed by atoms with Crippen molar-refractivity contribution in [2.24, 2.45) is 0 Å². The zero-order valence-corrected chi connectivity index (χ0v) is 18.5. The molecule has 0 saturated carbocycles. The van der Waals surface area contributed by atoms with Gasteiger partial charge in [-0.05, 0) is 36.8 Å². The van der Waals surface area contributed by atoms with Crippen LogP contribution in [0.2, 0.25) is 0 Å². The Kier molecular flexibility index (Phi) is 6.17. The van der Waals surface area contributed by atoms with Crippen molar-refractivity contribution in [1.82, 2.24) is 9.19 Å². The van der Waals surface area contributed by atoms with E-state index in [1.54, 1.807) is 0 Å². The van der Waals surface area contributed by atoms with E-state index in [0.29, 0.717) is 4.09 Å².